The minimum atomic E-state index is -0.273. The minimum absolute atomic E-state index is 0.0373. The molecule has 1 unspecified atom stereocenters. The number of fused-ring (bicyclic) bond motifs is 1. The van der Waals surface area contributed by atoms with Crippen molar-refractivity contribution >= 4 is 29.1 Å². The molecule has 4 nitrogen and oxygen atoms in total. The third-order valence-electron chi connectivity index (χ3n) is 4.24. The van der Waals surface area contributed by atoms with E-state index in [1.807, 2.05) is 30.4 Å². The third kappa shape index (κ3) is 3.97. The van der Waals surface area contributed by atoms with E-state index in [0.717, 1.165) is 16.8 Å². The number of nitrogens with zero attached hydrogens (tertiary/aromatic N) is 1. The number of hydrogen-bond donors (Lipinski definition) is 1. The molecular formula is C20H19ClN2O2. The highest BCUT2D eigenvalue weighted by molar-refractivity contribution is 6.31. The standard InChI is InChI=1S/C20H19ClN2O2/c1-12(2)16-11-20(25)23-18-10-14(7-8-15(16)18)22-19(24)9-13-5-3-4-6-17(13)21/h3-8,10-12,15H,9H2,1-2H3,(H,23,25). The van der Waals surface area contributed by atoms with Crippen LogP contribution in [0.1, 0.15) is 19.4 Å². The van der Waals surface area contributed by atoms with Crippen molar-refractivity contribution in [2.75, 3.05) is 0 Å². The Hall–Kier alpha value is -2.46. The third-order valence-corrected chi connectivity index (χ3v) is 4.61. The second kappa shape index (κ2) is 7.19. The van der Waals surface area contributed by atoms with Gasteiger partial charge in [-0.1, -0.05) is 49.7 Å². The molecule has 1 aromatic carbocycles. The van der Waals surface area contributed by atoms with Crippen LogP contribution in [0.2, 0.25) is 5.02 Å². The van der Waals surface area contributed by atoms with Crippen LogP contribution >= 0.6 is 11.6 Å². The molecule has 0 saturated carbocycles. The Balaban J connectivity index is 1.79. The van der Waals surface area contributed by atoms with E-state index in [2.05, 4.69) is 24.2 Å². The molecule has 0 aromatic heterocycles. The van der Waals surface area contributed by atoms with Gasteiger partial charge in [0.1, 0.15) is 0 Å². The zero-order valence-electron chi connectivity index (χ0n) is 14.1. The van der Waals surface area contributed by atoms with Crippen molar-refractivity contribution in [3.8, 4) is 0 Å². The Labute approximate surface area is 152 Å². The molecule has 25 heavy (non-hydrogen) atoms. The van der Waals surface area contributed by atoms with E-state index < -0.39 is 0 Å². The topological polar surface area (TPSA) is 58.5 Å². The van der Waals surface area contributed by atoms with Crippen molar-refractivity contribution in [1.29, 1.82) is 0 Å². The molecule has 1 aliphatic carbocycles. The van der Waals surface area contributed by atoms with Gasteiger partial charge < -0.3 is 5.32 Å². The summed E-state index contributed by atoms with van der Waals surface area (Å²) >= 11 is 6.08. The predicted molar refractivity (Wildman–Crippen MR) is 99.4 cm³/mol. The summed E-state index contributed by atoms with van der Waals surface area (Å²) in [5, 5.41) is 3.40. The number of carbonyl (C=O) groups excluding carboxylic acids is 2. The maximum atomic E-state index is 12.2. The lowest BCUT2D eigenvalue weighted by Crippen LogP contribution is -2.34. The minimum Gasteiger partial charge on any atom is -0.325 e. The number of aliphatic imine (C=N–C) groups is 1. The van der Waals surface area contributed by atoms with Crippen LogP contribution in [0.25, 0.3) is 0 Å². The lowest BCUT2D eigenvalue weighted by molar-refractivity contribution is -0.117. The highest BCUT2D eigenvalue weighted by Gasteiger charge is 2.27. The molecule has 1 aliphatic heterocycles. The van der Waals surface area contributed by atoms with E-state index in [0.29, 0.717) is 10.7 Å². The first-order chi connectivity index (χ1) is 11.9. The number of nitrogens with one attached hydrogen (secondary N) is 1. The fourth-order valence-corrected chi connectivity index (χ4v) is 3.21. The molecule has 1 atom stereocenters. The van der Waals surface area contributed by atoms with Crippen LogP contribution in [-0.2, 0) is 16.0 Å². The number of allylic oxidation sites excluding steroid dienone is 3. The summed E-state index contributed by atoms with van der Waals surface area (Å²) < 4.78 is 0. The molecule has 0 bridgehead atoms. The molecule has 3 rings (SSSR count). The van der Waals surface area contributed by atoms with Crippen molar-refractivity contribution in [1.82, 2.24) is 5.32 Å². The first kappa shape index (κ1) is 17.4. The number of hydrogen-bond acceptors (Lipinski definition) is 2. The molecule has 1 N–H and O–H groups in total. The van der Waals surface area contributed by atoms with E-state index in [1.165, 1.54) is 0 Å². The molecule has 5 heteroatoms. The number of rotatable bonds is 3. The van der Waals surface area contributed by atoms with E-state index in [4.69, 9.17) is 11.6 Å². The van der Waals surface area contributed by atoms with Crippen molar-refractivity contribution in [3.05, 3.63) is 70.4 Å². The molecule has 1 aromatic rings. The predicted octanol–water partition coefficient (Wildman–Crippen LogP) is 3.63. The molecular weight excluding hydrogens is 336 g/mol. The Bertz CT molecular complexity index is 847. The summed E-state index contributed by atoms with van der Waals surface area (Å²) in [5.41, 5.74) is 3.11. The lowest BCUT2D eigenvalue weighted by Gasteiger charge is -2.29. The zero-order chi connectivity index (χ0) is 18.0. The first-order valence-corrected chi connectivity index (χ1v) is 8.59. The highest BCUT2D eigenvalue weighted by atomic mass is 35.5. The van der Waals surface area contributed by atoms with Crippen LogP contribution in [0, 0.1) is 11.8 Å². The average Bonchev–Trinajstić information content (AvgIpc) is 2.55. The maximum Gasteiger partial charge on any atom is 0.250 e. The average molecular weight is 355 g/mol. The summed E-state index contributed by atoms with van der Waals surface area (Å²) in [6, 6.07) is 7.22. The lowest BCUT2D eigenvalue weighted by atomic mass is 9.82. The van der Waals surface area contributed by atoms with Crippen LogP contribution in [0.3, 0.4) is 0 Å². The second-order valence-electron chi connectivity index (χ2n) is 6.42. The Morgan fingerprint density at radius 1 is 1.28 bits per heavy atom. The number of amides is 2. The van der Waals surface area contributed by atoms with Crippen LogP contribution in [0.5, 0.6) is 0 Å². The summed E-state index contributed by atoms with van der Waals surface area (Å²) in [4.78, 5) is 28.2. The molecule has 0 radical (unpaired) electrons. The van der Waals surface area contributed by atoms with Gasteiger partial charge in [-0.3, -0.25) is 9.59 Å². The Morgan fingerprint density at radius 2 is 2.04 bits per heavy atom. The van der Waals surface area contributed by atoms with Crippen molar-refractivity contribution in [2.24, 2.45) is 16.8 Å². The van der Waals surface area contributed by atoms with Crippen LogP contribution in [0.4, 0.5) is 0 Å². The van der Waals surface area contributed by atoms with E-state index in [9.17, 15) is 9.59 Å². The van der Waals surface area contributed by atoms with Gasteiger partial charge in [0.25, 0.3) is 5.91 Å². The normalized spacial score (nSPS) is 20.9. The van der Waals surface area contributed by atoms with Gasteiger partial charge in [0.2, 0.25) is 5.91 Å². The van der Waals surface area contributed by atoms with Gasteiger partial charge in [-0.15, -0.1) is 0 Å². The maximum absolute atomic E-state index is 12.2. The molecule has 2 amide bonds. The molecule has 1 heterocycles. The summed E-state index contributed by atoms with van der Waals surface area (Å²) in [7, 11) is 0. The van der Waals surface area contributed by atoms with Crippen molar-refractivity contribution < 1.29 is 9.59 Å². The fraction of sp³-hybridized carbons (Fsp3) is 0.250. The van der Waals surface area contributed by atoms with Gasteiger partial charge >= 0.3 is 0 Å². The quantitative estimate of drug-likeness (QED) is 0.901. The smallest absolute Gasteiger partial charge is 0.250 e. The SMILES string of the molecule is CC(C)C1=CC(=O)NC2=CC(=NC(=O)Cc3ccccc3Cl)C=CC21. The van der Waals surface area contributed by atoms with Gasteiger partial charge in [-0.25, -0.2) is 4.99 Å². The Kier molecular flexibility index (Phi) is 5.00. The monoisotopic (exact) mass is 354 g/mol. The van der Waals surface area contributed by atoms with Crippen molar-refractivity contribution in [2.45, 2.75) is 20.3 Å². The molecule has 0 saturated heterocycles. The van der Waals surface area contributed by atoms with Crippen molar-refractivity contribution in [3.63, 3.8) is 0 Å². The van der Waals surface area contributed by atoms with Gasteiger partial charge in [0.05, 0.1) is 12.1 Å². The summed E-state index contributed by atoms with van der Waals surface area (Å²) in [5.74, 6) is -0.104. The summed E-state index contributed by atoms with van der Waals surface area (Å²) in [6.07, 6.45) is 7.37. The van der Waals surface area contributed by atoms with E-state index in [1.54, 1.807) is 18.2 Å². The molecule has 2 aliphatic rings. The van der Waals surface area contributed by atoms with Crippen LogP contribution < -0.4 is 5.32 Å². The van der Waals surface area contributed by atoms with E-state index in [-0.39, 0.29) is 30.1 Å². The largest absolute Gasteiger partial charge is 0.325 e. The van der Waals surface area contributed by atoms with Gasteiger partial charge in [0.15, 0.2) is 0 Å². The van der Waals surface area contributed by atoms with Gasteiger partial charge in [0, 0.05) is 22.7 Å². The van der Waals surface area contributed by atoms with E-state index >= 15 is 0 Å². The molecule has 128 valence electrons. The Morgan fingerprint density at radius 3 is 2.76 bits per heavy atom. The fourth-order valence-electron chi connectivity index (χ4n) is 3.00. The first-order valence-electron chi connectivity index (χ1n) is 8.21. The molecule has 0 spiro atoms. The molecule has 0 fully saturated rings. The zero-order valence-corrected chi connectivity index (χ0v) is 14.9. The second-order valence-corrected chi connectivity index (χ2v) is 6.83. The number of halogens is 1. The van der Waals surface area contributed by atoms with Crippen LogP contribution in [0.15, 0.2) is 64.8 Å². The van der Waals surface area contributed by atoms with Gasteiger partial charge in [-0.2, -0.15) is 0 Å². The van der Waals surface area contributed by atoms with Gasteiger partial charge in [-0.05, 0) is 35.3 Å². The number of benzene rings is 1. The number of carbonyl (C=O) groups is 2. The summed E-state index contributed by atoms with van der Waals surface area (Å²) in [6.45, 7) is 4.12. The highest BCUT2D eigenvalue weighted by Crippen LogP contribution is 2.31. The van der Waals surface area contributed by atoms with Crippen LogP contribution in [-0.4, -0.2) is 17.5 Å².